The molecule has 3 heteroatoms. The molecule has 3 rings (SSSR count). The van der Waals surface area contributed by atoms with E-state index in [-0.39, 0.29) is 11.2 Å². The van der Waals surface area contributed by atoms with Gasteiger partial charge in [0.05, 0.1) is 0 Å². The first-order valence-corrected chi connectivity index (χ1v) is 6.57. The molecular weight excluding hydrogens is 237 g/mol. The van der Waals surface area contributed by atoms with E-state index in [0.29, 0.717) is 10.4 Å². The average molecular weight is 254 g/mol. The highest BCUT2D eigenvalue weighted by molar-refractivity contribution is 6.31. The standard InChI is InChI=1S/C14H17ClFN/c1-17-9-14(7-13(8-14)4-5-13)11-3-2-10(16)6-12(11)15/h2-3,6,17H,4-5,7-9H2,1H3. The Labute approximate surface area is 106 Å². The highest BCUT2D eigenvalue weighted by Crippen LogP contribution is 2.69. The number of likely N-dealkylation sites (N-methyl/N-ethyl adjacent to an activating group) is 1. The molecule has 0 amide bonds. The Bertz CT molecular complexity index is 446. The fourth-order valence-corrected chi connectivity index (χ4v) is 3.95. The van der Waals surface area contributed by atoms with Gasteiger partial charge in [-0.15, -0.1) is 0 Å². The van der Waals surface area contributed by atoms with Crippen molar-refractivity contribution in [1.29, 1.82) is 0 Å². The van der Waals surface area contributed by atoms with Crippen molar-refractivity contribution in [3.05, 3.63) is 34.6 Å². The summed E-state index contributed by atoms with van der Waals surface area (Å²) >= 11 is 6.21. The van der Waals surface area contributed by atoms with Gasteiger partial charge in [-0.05, 0) is 55.8 Å². The third-order valence-corrected chi connectivity index (χ3v) is 4.71. The van der Waals surface area contributed by atoms with Crippen molar-refractivity contribution in [1.82, 2.24) is 5.32 Å². The summed E-state index contributed by atoms with van der Waals surface area (Å²) in [6, 6.07) is 4.83. The maximum Gasteiger partial charge on any atom is 0.124 e. The minimum atomic E-state index is -0.251. The predicted molar refractivity (Wildman–Crippen MR) is 67.9 cm³/mol. The van der Waals surface area contributed by atoms with Crippen LogP contribution in [-0.4, -0.2) is 13.6 Å². The molecule has 2 saturated carbocycles. The summed E-state index contributed by atoms with van der Waals surface area (Å²) in [5.41, 5.74) is 1.86. The molecule has 0 radical (unpaired) electrons. The first kappa shape index (κ1) is 11.5. The zero-order valence-corrected chi connectivity index (χ0v) is 10.8. The molecule has 0 aromatic heterocycles. The predicted octanol–water partition coefficient (Wildman–Crippen LogP) is 3.51. The van der Waals surface area contributed by atoms with Gasteiger partial charge in [-0.25, -0.2) is 4.39 Å². The topological polar surface area (TPSA) is 12.0 Å². The fraction of sp³-hybridized carbons (Fsp3) is 0.571. The van der Waals surface area contributed by atoms with Crippen LogP contribution in [0.2, 0.25) is 5.02 Å². The minimum Gasteiger partial charge on any atom is -0.319 e. The van der Waals surface area contributed by atoms with Crippen LogP contribution in [0.3, 0.4) is 0 Å². The van der Waals surface area contributed by atoms with Crippen LogP contribution in [-0.2, 0) is 5.41 Å². The Hall–Kier alpha value is -0.600. The van der Waals surface area contributed by atoms with E-state index in [1.54, 1.807) is 0 Å². The normalized spacial score (nSPS) is 23.5. The third-order valence-electron chi connectivity index (χ3n) is 4.40. The molecule has 1 nitrogen and oxygen atoms in total. The van der Waals surface area contributed by atoms with Crippen molar-refractivity contribution < 1.29 is 4.39 Å². The summed E-state index contributed by atoms with van der Waals surface area (Å²) in [7, 11) is 1.97. The molecule has 1 spiro atoms. The molecule has 1 N–H and O–H groups in total. The van der Waals surface area contributed by atoms with Crippen molar-refractivity contribution in [2.45, 2.75) is 31.1 Å². The number of hydrogen-bond acceptors (Lipinski definition) is 1. The van der Waals surface area contributed by atoms with Crippen molar-refractivity contribution in [3.8, 4) is 0 Å². The van der Waals surface area contributed by atoms with Crippen molar-refractivity contribution >= 4 is 11.6 Å². The Kier molecular flexibility index (Phi) is 2.50. The fourth-order valence-electron chi connectivity index (χ4n) is 3.58. The van der Waals surface area contributed by atoms with Gasteiger partial charge in [0.25, 0.3) is 0 Å². The van der Waals surface area contributed by atoms with Crippen LogP contribution in [0.5, 0.6) is 0 Å². The first-order chi connectivity index (χ1) is 8.09. The number of rotatable bonds is 3. The van der Waals surface area contributed by atoms with Gasteiger partial charge in [-0.2, -0.15) is 0 Å². The number of halogens is 2. The summed E-state index contributed by atoms with van der Waals surface area (Å²) < 4.78 is 13.1. The van der Waals surface area contributed by atoms with Gasteiger partial charge < -0.3 is 5.32 Å². The van der Waals surface area contributed by atoms with Gasteiger partial charge in [0.2, 0.25) is 0 Å². The van der Waals surface area contributed by atoms with Gasteiger partial charge >= 0.3 is 0 Å². The van der Waals surface area contributed by atoms with Crippen molar-refractivity contribution in [2.24, 2.45) is 5.41 Å². The maximum atomic E-state index is 13.1. The largest absolute Gasteiger partial charge is 0.319 e. The van der Waals surface area contributed by atoms with Crippen LogP contribution in [0.25, 0.3) is 0 Å². The van der Waals surface area contributed by atoms with Crippen LogP contribution in [0, 0.1) is 11.2 Å². The smallest absolute Gasteiger partial charge is 0.124 e. The molecule has 0 bridgehead atoms. The zero-order valence-electron chi connectivity index (χ0n) is 10.0. The van der Waals surface area contributed by atoms with E-state index in [4.69, 9.17) is 11.6 Å². The van der Waals surface area contributed by atoms with E-state index in [9.17, 15) is 4.39 Å². The Morgan fingerprint density at radius 1 is 1.35 bits per heavy atom. The van der Waals surface area contributed by atoms with Crippen LogP contribution < -0.4 is 5.32 Å². The van der Waals surface area contributed by atoms with Gasteiger partial charge in [0, 0.05) is 17.0 Å². The number of hydrogen-bond donors (Lipinski definition) is 1. The van der Waals surface area contributed by atoms with E-state index in [1.165, 1.54) is 37.8 Å². The van der Waals surface area contributed by atoms with E-state index in [1.807, 2.05) is 13.1 Å². The highest BCUT2D eigenvalue weighted by atomic mass is 35.5. The molecule has 0 aliphatic heterocycles. The lowest BCUT2D eigenvalue weighted by Gasteiger charge is -2.49. The van der Waals surface area contributed by atoms with Gasteiger partial charge in [-0.3, -0.25) is 0 Å². The molecule has 2 aliphatic rings. The summed E-state index contributed by atoms with van der Waals surface area (Å²) in [6.45, 7) is 0.931. The monoisotopic (exact) mass is 253 g/mol. The molecule has 1 aromatic rings. The van der Waals surface area contributed by atoms with Gasteiger partial charge in [-0.1, -0.05) is 17.7 Å². The summed E-state index contributed by atoms with van der Waals surface area (Å²) in [4.78, 5) is 0. The van der Waals surface area contributed by atoms with Gasteiger partial charge in [0.1, 0.15) is 5.82 Å². The molecule has 1 aromatic carbocycles. The number of nitrogens with one attached hydrogen (secondary N) is 1. The minimum absolute atomic E-state index is 0.135. The lowest BCUT2D eigenvalue weighted by molar-refractivity contribution is 0.118. The Morgan fingerprint density at radius 2 is 2.06 bits per heavy atom. The van der Waals surface area contributed by atoms with Gasteiger partial charge in [0.15, 0.2) is 0 Å². The van der Waals surface area contributed by atoms with Crippen LogP contribution in [0.4, 0.5) is 4.39 Å². The molecular formula is C14H17ClFN. The molecule has 0 heterocycles. The molecule has 0 atom stereocenters. The van der Waals surface area contributed by atoms with Crippen molar-refractivity contribution in [2.75, 3.05) is 13.6 Å². The SMILES string of the molecule is CNCC1(c2ccc(F)cc2Cl)CC2(CC2)C1. The second kappa shape index (κ2) is 3.69. The van der Waals surface area contributed by atoms with E-state index < -0.39 is 0 Å². The third kappa shape index (κ3) is 1.78. The van der Waals surface area contributed by atoms with Crippen molar-refractivity contribution in [3.63, 3.8) is 0 Å². The highest BCUT2D eigenvalue weighted by Gasteiger charge is 2.61. The van der Waals surface area contributed by atoms with E-state index >= 15 is 0 Å². The summed E-state index contributed by atoms with van der Waals surface area (Å²) in [5, 5.41) is 3.84. The molecule has 92 valence electrons. The average Bonchev–Trinajstić information content (AvgIpc) is 2.97. The second-order valence-electron chi connectivity index (χ2n) is 5.79. The summed E-state index contributed by atoms with van der Waals surface area (Å²) in [6.07, 6.45) is 5.12. The lowest BCUT2D eigenvalue weighted by atomic mass is 9.56. The zero-order chi connectivity index (χ0) is 12.1. The summed E-state index contributed by atoms with van der Waals surface area (Å²) in [5.74, 6) is -0.251. The molecule has 0 unspecified atom stereocenters. The van der Waals surface area contributed by atoms with Crippen LogP contribution in [0.1, 0.15) is 31.2 Å². The molecule has 0 saturated heterocycles. The number of benzene rings is 1. The molecule has 17 heavy (non-hydrogen) atoms. The maximum absolute atomic E-state index is 13.1. The van der Waals surface area contributed by atoms with E-state index in [0.717, 1.165) is 12.1 Å². The first-order valence-electron chi connectivity index (χ1n) is 6.19. The Morgan fingerprint density at radius 3 is 2.59 bits per heavy atom. The Balaban J connectivity index is 1.93. The second-order valence-corrected chi connectivity index (χ2v) is 6.20. The van der Waals surface area contributed by atoms with Crippen LogP contribution in [0.15, 0.2) is 18.2 Å². The quantitative estimate of drug-likeness (QED) is 0.869. The van der Waals surface area contributed by atoms with Crippen LogP contribution >= 0.6 is 11.6 Å². The molecule has 2 fully saturated rings. The molecule has 2 aliphatic carbocycles. The lowest BCUT2D eigenvalue weighted by Crippen LogP contribution is -2.49. The van der Waals surface area contributed by atoms with E-state index in [2.05, 4.69) is 5.32 Å².